The van der Waals surface area contributed by atoms with Crippen LogP contribution >= 0.6 is 0 Å². The van der Waals surface area contributed by atoms with Gasteiger partial charge in [-0.3, -0.25) is 9.97 Å². The van der Waals surface area contributed by atoms with Crippen LogP contribution in [0.5, 0.6) is 0 Å². The quantitative estimate of drug-likeness (QED) is 0.298. The number of aromatic nitrogens is 2. The number of benzene rings is 3. The van der Waals surface area contributed by atoms with Gasteiger partial charge < -0.3 is 0 Å². The van der Waals surface area contributed by atoms with Gasteiger partial charge in [0, 0.05) is 52.7 Å². The zero-order chi connectivity index (χ0) is 17.3. The molecule has 0 atom stereocenters. The SMILES string of the molecule is [Na].c1ccc(-c2ccnc3c2ccc2c(-c4ccccc4)ccnc23)cc1. The Labute approximate surface area is 180 Å². The molecule has 2 heterocycles. The minimum atomic E-state index is 0. The standard InChI is InChI=1S/C24H16N2.Na/c1-3-7-17(8-4-1)19-13-15-25-23-21(19)11-12-22-20(14-16-26-24(22)23)18-9-5-2-6-10-18;/h1-16H;. The van der Waals surface area contributed by atoms with E-state index in [1.54, 1.807) is 0 Å². The van der Waals surface area contributed by atoms with E-state index in [9.17, 15) is 0 Å². The second-order valence-corrected chi connectivity index (χ2v) is 6.31. The summed E-state index contributed by atoms with van der Waals surface area (Å²) >= 11 is 0. The molecule has 2 nitrogen and oxygen atoms in total. The third-order valence-corrected chi connectivity index (χ3v) is 4.79. The number of rotatable bonds is 2. The first kappa shape index (κ1) is 17.9. The van der Waals surface area contributed by atoms with Crippen molar-refractivity contribution < 1.29 is 0 Å². The fourth-order valence-electron chi connectivity index (χ4n) is 3.57. The summed E-state index contributed by atoms with van der Waals surface area (Å²) in [6, 6.07) is 29.3. The van der Waals surface area contributed by atoms with E-state index in [1.165, 1.54) is 22.3 Å². The summed E-state index contributed by atoms with van der Waals surface area (Å²) in [7, 11) is 0. The molecule has 2 aromatic heterocycles. The monoisotopic (exact) mass is 355 g/mol. The normalized spacial score (nSPS) is 10.7. The molecule has 3 aromatic carbocycles. The van der Waals surface area contributed by atoms with Crippen LogP contribution < -0.4 is 0 Å². The molecule has 5 rings (SSSR count). The molecule has 0 N–H and O–H groups in total. The first-order valence-electron chi connectivity index (χ1n) is 8.69. The molecule has 27 heavy (non-hydrogen) atoms. The maximum Gasteiger partial charge on any atom is 0.0970 e. The van der Waals surface area contributed by atoms with Crippen LogP contribution in [0.4, 0.5) is 0 Å². The zero-order valence-corrected chi connectivity index (χ0v) is 17.1. The number of nitrogens with zero attached hydrogens (tertiary/aromatic N) is 2. The Balaban J connectivity index is 0.00000180. The Morgan fingerprint density at radius 2 is 0.852 bits per heavy atom. The molecule has 1 radical (unpaired) electrons. The average Bonchev–Trinajstić information content (AvgIpc) is 2.74. The fraction of sp³-hybridized carbons (Fsp3) is 0. The van der Waals surface area contributed by atoms with Gasteiger partial charge in [-0.05, 0) is 34.4 Å². The van der Waals surface area contributed by atoms with E-state index in [1.807, 2.05) is 24.5 Å². The number of hydrogen-bond acceptors (Lipinski definition) is 2. The Kier molecular flexibility index (Phi) is 5.04. The van der Waals surface area contributed by atoms with Gasteiger partial charge in [0.2, 0.25) is 0 Å². The summed E-state index contributed by atoms with van der Waals surface area (Å²) < 4.78 is 0. The first-order chi connectivity index (χ1) is 12.9. The Bertz CT molecular complexity index is 1120. The second kappa shape index (κ2) is 7.61. The van der Waals surface area contributed by atoms with E-state index in [4.69, 9.17) is 0 Å². The molecule has 3 heteroatoms. The molecule has 5 aromatic rings. The van der Waals surface area contributed by atoms with Gasteiger partial charge in [0.1, 0.15) is 0 Å². The van der Waals surface area contributed by atoms with Gasteiger partial charge in [0.25, 0.3) is 0 Å². The largest absolute Gasteiger partial charge is 0.254 e. The van der Waals surface area contributed by atoms with E-state index in [-0.39, 0.29) is 29.6 Å². The summed E-state index contributed by atoms with van der Waals surface area (Å²) in [5.74, 6) is 0. The van der Waals surface area contributed by atoms with Crippen molar-refractivity contribution in [3.8, 4) is 22.3 Å². The maximum absolute atomic E-state index is 4.67. The van der Waals surface area contributed by atoms with Crippen LogP contribution in [0.2, 0.25) is 0 Å². The molecule has 0 saturated carbocycles. The van der Waals surface area contributed by atoms with Gasteiger partial charge in [0.15, 0.2) is 0 Å². The van der Waals surface area contributed by atoms with Crippen molar-refractivity contribution in [2.24, 2.45) is 0 Å². The second-order valence-electron chi connectivity index (χ2n) is 6.31. The predicted octanol–water partition coefficient (Wildman–Crippen LogP) is 5.74. The molecule has 0 amide bonds. The Morgan fingerprint density at radius 1 is 0.444 bits per heavy atom. The van der Waals surface area contributed by atoms with Crippen molar-refractivity contribution >= 4 is 51.4 Å². The summed E-state index contributed by atoms with van der Waals surface area (Å²) in [6.07, 6.45) is 3.75. The molecule has 0 saturated heterocycles. The van der Waals surface area contributed by atoms with Crippen LogP contribution in [-0.2, 0) is 0 Å². The van der Waals surface area contributed by atoms with E-state index in [0.29, 0.717) is 0 Å². The number of pyridine rings is 2. The van der Waals surface area contributed by atoms with Crippen LogP contribution in [-0.4, -0.2) is 39.5 Å². The van der Waals surface area contributed by atoms with E-state index in [0.717, 1.165) is 21.8 Å². The summed E-state index contributed by atoms with van der Waals surface area (Å²) in [5.41, 5.74) is 6.65. The van der Waals surface area contributed by atoms with Gasteiger partial charge >= 0.3 is 0 Å². The van der Waals surface area contributed by atoms with Crippen molar-refractivity contribution in [2.45, 2.75) is 0 Å². The van der Waals surface area contributed by atoms with Gasteiger partial charge in [0.05, 0.1) is 11.0 Å². The molecule has 0 aliphatic carbocycles. The van der Waals surface area contributed by atoms with Crippen LogP contribution in [0.25, 0.3) is 44.1 Å². The van der Waals surface area contributed by atoms with Crippen molar-refractivity contribution in [3.63, 3.8) is 0 Å². The number of hydrogen-bond donors (Lipinski definition) is 0. The molecule has 0 fully saturated rings. The van der Waals surface area contributed by atoms with E-state index >= 15 is 0 Å². The van der Waals surface area contributed by atoms with Crippen molar-refractivity contribution in [1.29, 1.82) is 0 Å². The Morgan fingerprint density at radius 3 is 1.26 bits per heavy atom. The third kappa shape index (κ3) is 3.17. The smallest absolute Gasteiger partial charge is 0.0970 e. The first-order valence-corrected chi connectivity index (χ1v) is 8.69. The fourth-order valence-corrected chi connectivity index (χ4v) is 3.57. The van der Waals surface area contributed by atoms with Crippen molar-refractivity contribution in [3.05, 3.63) is 97.3 Å². The summed E-state index contributed by atoms with van der Waals surface area (Å²) in [4.78, 5) is 9.34. The van der Waals surface area contributed by atoms with Crippen molar-refractivity contribution in [1.82, 2.24) is 9.97 Å². The molecule has 0 bridgehead atoms. The van der Waals surface area contributed by atoms with Gasteiger partial charge in [-0.1, -0.05) is 72.8 Å². The van der Waals surface area contributed by atoms with Gasteiger partial charge in [-0.2, -0.15) is 0 Å². The molecular formula is C24H16N2Na. The van der Waals surface area contributed by atoms with Gasteiger partial charge in [-0.25, -0.2) is 0 Å². The molecule has 123 valence electrons. The molecule has 0 aliphatic heterocycles. The Hall–Kier alpha value is -2.52. The van der Waals surface area contributed by atoms with Crippen molar-refractivity contribution in [2.75, 3.05) is 0 Å². The van der Waals surface area contributed by atoms with Crippen LogP contribution in [0.15, 0.2) is 97.3 Å². The summed E-state index contributed by atoms with van der Waals surface area (Å²) in [6.45, 7) is 0. The number of fused-ring (bicyclic) bond motifs is 3. The zero-order valence-electron chi connectivity index (χ0n) is 15.1. The average molecular weight is 355 g/mol. The summed E-state index contributed by atoms with van der Waals surface area (Å²) in [5, 5.41) is 2.26. The molecule has 0 unspecified atom stereocenters. The minimum absolute atomic E-state index is 0. The maximum atomic E-state index is 4.67. The van der Waals surface area contributed by atoms with E-state index < -0.39 is 0 Å². The third-order valence-electron chi connectivity index (χ3n) is 4.79. The predicted molar refractivity (Wildman–Crippen MR) is 114 cm³/mol. The van der Waals surface area contributed by atoms with Crippen LogP contribution in [0.1, 0.15) is 0 Å². The minimum Gasteiger partial charge on any atom is -0.254 e. The molecule has 0 aliphatic rings. The van der Waals surface area contributed by atoms with E-state index in [2.05, 4.69) is 82.8 Å². The van der Waals surface area contributed by atoms with Crippen LogP contribution in [0.3, 0.4) is 0 Å². The van der Waals surface area contributed by atoms with Gasteiger partial charge in [-0.15, -0.1) is 0 Å². The van der Waals surface area contributed by atoms with Crippen LogP contribution in [0, 0.1) is 0 Å². The topological polar surface area (TPSA) is 25.8 Å². The molecular weight excluding hydrogens is 339 g/mol. The molecule has 0 spiro atoms.